The van der Waals surface area contributed by atoms with Crippen LogP contribution < -0.4 is 5.32 Å². The number of halogens is 2. The predicted octanol–water partition coefficient (Wildman–Crippen LogP) is 3.41. The van der Waals surface area contributed by atoms with Crippen molar-refractivity contribution in [3.8, 4) is 5.69 Å². The van der Waals surface area contributed by atoms with E-state index in [1.807, 2.05) is 0 Å². The Kier molecular flexibility index (Phi) is 5.78. The summed E-state index contributed by atoms with van der Waals surface area (Å²) in [4.78, 5) is 16.8. The van der Waals surface area contributed by atoms with Crippen molar-refractivity contribution in [3.05, 3.63) is 65.0 Å². The van der Waals surface area contributed by atoms with Crippen LogP contribution in [0.5, 0.6) is 0 Å². The molecule has 1 fully saturated rings. The molecule has 1 saturated heterocycles. The second-order valence-electron chi connectivity index (χ2n) is 7.08. The van der Waals surface area contributed by atoms with Gasteiger partial charge in [-0.2, -0.15) is 4.31 Å². The van der Waals surface area contributed by atoms with Crippen LogP contribution in [0.2, 0.25) is 5.02 Å². The highest BCUT2D eigenvalue weighted by Gasteiger charge is 2.29. The highest BCUT2D eigenvalue weighted by atomic mass is 35.5. The van der Waals surface area contributed by atoms with Crippen LogP contribution in [-0.4, -0.2) is 46.5 Å². The first kappa shape index (κ1) is 21.4. The van der Waals surface area contributed by atoms with E-state index in [2.05, 4.69) is 15.4 Å². The third-order valence-corrected chi connectivity index (χ3v) is 7.30. The molecule has 11 heteroatoms. The Labute approximate surface area is 183 Å². The van der Waals surface area contributed by atoms with E-state index in [4.69, 9.17) is 11.6 Å². The minimum Gasteiger partial charge on any atom is -0.319 e. The molecule has 1 aliphatic heterocycles. The van der Waals surface area contributed by atoms with Crippen molar-refractivity contribution in [3.63, 3.8) is 0 Å². The summed E-state index contributed by atoms with van der Waals surface area (Å²) in [6.07, 6.45) is 1.60. The molecule has 8 nitrogen and oxygen atoms in total. The fourth-order valence-corrected chi connectivity index (χ4v) is 5.36. The maximum atomic E-state index is 13.2. The lowest BCUT2D eigenvalue weighted by Crippen LogP contribution is -2.28. The van der Waals surface area contributed by atoms with E-state index in [1.54, 1.807) is 6.92 Å². The Balaban J connectivity index is 1.58. The Bertz CT molecular complexity index is 1240. The molecule has 1 aliphatic rings. The summed E-state index contributed by atoms with van der Waals surface area (Å²) >= 11 is 6.14. The van der Waals surface area contributed by atoms with E-state index in [0.29, 0.717) is 24.6 Å². The number of rotatable bonds is 5. The first-order valence-corrected chi connectivity index (χ1v) is 11.4. The number of nitrogens with one attached hydrogen (secondary N) is 1. The molecule has 3 aromatic rings. The van der Waals surface area contributed by atoms with Crippen LogP contribution in [0.3, 0.4) is 0 Å². The number of benzene rings is 2. The number of aryl methyl sites for hydroxylation is 1. The van der Waals surface area contributed by atoms with E-state index >= 15 is 0 Å². The van der Waals surface area contributed by atoms with Gasteiger partial charge in [-0.1, -0.05) is 11.6 Å². The topological polar surface area (TPSA) is 97.2 Å². The van der Waals surface area contributed by atoms with Gasteiger partial charge in [0.05, 0.1) is 10.7 Å². The van der Waals surface area contributed by atoms with Crippen molar-refractivity contribution < 1.29 is 17.6 Å². The summed E-state index contributed by atoms with van der Waals surface area (Å²) in [6, 6.07) is 9.87. The summed E-state index contributed by atoms with van der Waals surface area (Å²) < 4.78 is 41.7. The number of carbonyl (C=O) groups is 1. The minimum absolute atomic E-state index is 0.0603. The molecule has 0 atom stereocenters. The van der Waals surface area contributed by atoms with E-state index in [0.717, 1.165) is 12.8 Å². The molecule has 0 aliphatic carbocycles. The van der Waals surface area contributed by atoms with E-state index < -0.39 is 15.9 Å². The van der Waals surface area contributed by atoms with Crippen molar-refractivity contribution in [2.45, 2.75) is 24.7 Å². The van der Waals surface area contributed by atoms with E-state index in [1.165, 1.54) is 51.5 Å². The Morgan fingerprint density at radius 2 is 1.81 bits per heavy atom. The molecule has 1 N–H and O–H groups in total. The molecule has 0 saturated carbocycles. The smallest absolute Gasteiger partial charge is 0.295 e. The summed E-state index contributed by atoms with van der Waals surface area (Å²) in [6.45, 7) is 2.55. The monoisotopic (exact) mass is 463 g/mol. The van der Waals surface area contributed by atoms with Gasteiger partial charge in [0.1, 0.15) is 16.5 Å². The second kappa shape index (κ2) is 8.37. The third kappa shape index (κ3) is 4.32. The van der Waals surface area contributed by atoms with Crippen molar-refractivity contribution in [1.29, 1.82) is 0 Å². The second-order valence-corrected chi connectivity index (χ2v) is 9.39. The van der Waals surface area contributed by atoms with Crippen molar-refractivity contribution in [2.24, 2.45) is 0 Å². The molecule has 0 radical (unpaired) electrons. The molecule has 31 heavy (non-hydrogen) atoms. The van der Waals surface area contributed by atoms with Crippen LogP contribution in [0.25, 0.3) is 5.69 Å². The Hall–Kier alpha value is -2.82. The zero-order chi connectivity index (χ0) is 22.2. The summed E-state index contributed by atoms with van der Waals surface area (Å²) in [5.74, 6) is -0.677. The predicted molar refractivity (Wildman–Crippen MR) is 113 cm³/mol. The van der Waals surface area contributed by atoms with Gasteiger partial charge in [0.15, 0.2) is 0 Å². The van der Waals surface area contributed by atoms with Gasteiger partial charge in [0, 0.05) is 18.8 Å². The van der Waals surface area contributed by atoms with Gasteiger partial charge in [0.25, 0.3) is 5.91 Å². The maximum absolute atomic E-state index is 13.2. The summed E-state index contributed by atoms with van der Waals surface area (Å²) in [7, 11) is -3.75. The number of nitrogens with zero attached hydrogens (tertiary/aromatic N) is 4. The lowest BCUT2D eigenvalue weighted by molar-refractivity contribution is 0.101. The fourth-order valence-electron chi connectivity index (χ4n) is 3.35. The van der Waals surface area contributed by atoms with Gasteiger partial charge in [-0.3, -0.25) is 4.79 Å². The lowest BCUT2D eigenvalue weighted by atomic mass is 10.3. The Morgan fingerprint density at radius 1 is 1.13 bits per heavy atom. The van der Waals surface area contributed by atoms with Crippen molar-refractivity contribution in [1.82, 2.24) is 19.1 Å². The average Bonchev–Trinajstić information content (AvgIpc) is 3.40. The highest BCUT2D eigenvalue weighted by molar-refractivity contribution is 7.89. The first-order chi connectivity index (χ1) is 14.8. The van der Waals surface area contributed by atoms with Crippen LogP contribution in [0.1, 0.15) is 29.3 Å². The zero-order valence-electron chi connectivity index (χ0n) is 16.5. The highest BCUT2D eigenvalue weighted by Crippen LogP contribution is 2.29. The van der Waals surface area contributed by atoms with Gasteiger partial charge in [-0.25, -0.2) is 22.5 Å². The maximum Gasteiger partial charge on any atom is 0.295 e. The SMILES string of the molecule is Cc1nc(C(=O)Nc2ccc(Cl)c(S(=O)(=O)N3CCCC3)c2)nn1-c1ccc(F)cc1. The number of sulfonamides is 1. The lowest BCUT2D eigenvalue weighted by Gasteiger charge is -2.17. The fraction of sp³-hybridized carbons (Fsp3) is 0.250. The molecule has 0 spiro atoms. The number of amides is 1. The van der Waals surface area contributed by atoms with Crippen LogP contribution in [0, 0.1) is 12.7 Å². The quantitative estimate of drug-likeness (QED) is 0.625. The number of hydrogen-bond acceptors (Lipinski definition) is 5. The summed E-state index contributed by atoms with van der Waals surface area (Å²) in [5.41, 5.74) is 0.805. The standard InChI is InChI=1S/C20H19ClFN5O3S/c1-13-23-19(25-27(13)16-7-4-14(22)5-8-16)20(28)24-15-6-9-17(21)18(12-15)31(29,30)26-10-2-3-11-26/h4-9,12H,2-3,10-11H2,1H3,(H,24,28). The van der Waals surface area contributed by atoms with Gasteiger partial charge in [-0.15, -0.1) is 5.10 Å². The van der Waals surface area contributed by atoms with Crippen LogP contribution in [-0.2, 0) is 10.0 Å². The third-order valence-electron chi connectivity index (χ3n) is 4.92. The molecule has 4 rings (SSSR count). The van der Waals surface area contributed by atoms with E-state index in [9.17, 15) is 17.6 Å². The van der Waals surface area contributed by atoms with Gasteiger partial charge in [0.2, 0.25) is 15.8 Å². The molecule has 1 amide bonds. The first-order valence-electron chi connectivity index (χ1n) is 9.56. The van der Waals surface area contributed by atoms with Gasteiger partial charge < -0.3 is 5.32 Å². The minimum atomic E-state index is -3.75. The van der Waals surface area contributed by atoms with Gasteiger partial charge >= 0.3 is 0 Å². The number of carbonyl (C=O) groups excluding carboxylic acids is 1. The van der Waals surface area contributed by atoms with Crippen LogP contribution >= 0.6 is 11.6 Å². The number of hydrogen-bond donors (Lipinski definition) is 1. The normalized spacial score (nSPS) is 14.7. The number of anilines is 1. The largest absolute Gasteiger partial charge is 0.319 e. The average molecular weight is 464 g/mol. The number of aromatic nitrogens is 3. The molecule has 0 bridgehead atoms. The molecule has 162 valence electrons. The van der Waals surface area contributed by atoms with Crippen molar-refractivity contribution >= 4 is 33.2 Å². The molecule has 1 aromatic heterocycles. The molecular formula is C20H19ClFN5O3S. The van der Waals surface area contributed by atoms with Crippen LogP contribution in [0.15, 0.2) is 47.4 Å². The molecule has 2 aromatic carbocycles. The van der Waals surface area contributed by atoms with Crippen molar-refractivity contribution in [2.75, 3.05) is 18.4 Å². The molecule has 2 heterocycles. The summed E-state index contributed by atoms with van der Waals surface area (Å²) in [5, 5.41) is 6.87. The van der Waals surface area contributed by atoms with Crippen LogP contribution in [0.4, 0.5) is 10.1 Å². The zero-order valence-corrected chi connectivity index (χ0v) is 18.1. The van der Waals surface area contributed by atoms with E-state index in [-0.39, 0.29) is 27.2 Å². The van der Waals surface area contributed by atoms with Gasteiger partial charge in [-0.05, 0) is 62.2 Å². The molecule has 0 unspecified atom stereocenters. The Morgan fingerprint density at radius 3 is 2.48 bits per heavy atom. The molecular weight excluding hydrogens is 445 g/mol.